The number of ether oxygens (including phenoxy) is 2. The third-order valence-corrected chi connectivity index (χ3v) is 4.10. The molecular weight excluding hydrogens is 310 g/mol. The molecule has 1 amide bonds. The smallest absolute Gasteiger partial charge is 0.244 e. The molecule has 0 saturated heterocycles. The van der Waals surface area contributed by atoms with E-state index >= 15 is 0 Å². The number of amides is 1. The minimum absolute atomic E-state index is 0.102. The Hall–Kier alpha value is -2.27. The summed E-state index contributed by atoms with van der Waals surface area (Å²) in [6, 6.07) is 9.66. The maximum atomic E-state index is 11.8. The molecule has 0 saturated carbocycles. The monoisotopic (exact) mass is 331 g/mol. The lowest BCUT2D eigenvalue weighted by Crippen LogP contribution is -2.23. The largest absolute Gasteiger partial charge is 0.493 e. The van der Waals surface area contributed by atoms with Crippen LogP contribution in [0.5, 0.6) is 11.5 Å². The van der Waals surface area contributed by atoms with Gasteiger partial charge < -0.3 is 14.8 Å². The third kappa shape index (κ3) is 5.45. The van der Waals surface area contributed by atoms with Crippen LogP contribution in [0.2, 0.25) is 0 Å². The van der Waals surface area contributed by atoms with E-state index in [2.05, 4.69) is 11.4 Å². The summed E-state index contributed by atoms with van der Waals surface area (Å²) < 4.78 is 10.8. The molecule has 0 spiro atoms. The van der Waals surface area contributed by atoms with Crippen LogP contribution in [0.1, 0.15) is 17.4 Å². The van der Waals surface area contributed by atoms with Crippen LogP contribution in [-0.4, -0.2) is 26.2 Å². The highest BCUT2D eigenvalue weighted by Crippen LogP contribution is 2.28. The van der Waals surface area contributed by atoms with Gasteiger partial charge in [0.15, 0.2) is 11.5 Å². The van der Waals surface area contributed by atoms with Crippen LogP contribution in [-0.2, 0) is 11.2 Å². The first kappa shape index (κ1) is 17.1. The number of benzene rings is 1. The molecule has 23 heavy (non-hydrogen) atoms. The Bertz CT molecular complexity index is 650. The molecule has 0 bridgehead atoms. The molecule has 0 unspecified atom stereocenters. The van der Waals surface area contributed by atoms with E-state index in [0.717, 1.165) is 12.0 Å². The van der Waals surface area contributed by atoms with E-state index in [0.29, 0.717) is 24.7 Å². The SMILES string of the molecule is CCOc1cc(/C=C/C(=O)NCCc2cccs2)ccc1OC. The fraction of sp³-hybridized carbons (Fsp3) is 0.278. The molecule has 0 aliphatic heterocycles. The van der Waals surface area contributed by atoms with Crippen molar-refractivity contribution in [2.24, 2.45) is 0 Å². The van der Waals surface area contributed by atoms with Gasteiger partial charge >= 0.3 is 0 Å². The predicted octanol–water partition coefficient (Wildman–Crippen LogP) is 3.53. The third-order valence-electron chi connectivity index (χ3n) is 3.17. The second kappa shape index (κ2) is 9.00. The van der Waals surface area contributed by atoms with Crippen molar-refractivity contribution in [1.82, 2.24) is 5.32 Å². The van der Waals surface area contributed by atoms with E-state index in [-0.39, 0.29) is 5.91 Å². The molecule has 0 fully saturated rings. The molecule has 5 heteroatoms. The molecule has 122 valence electrons. The molecule has 0 radical (unpaired) electrons. The molecule has 1 N–H and O–H groups in total. The number of nitrogens with one attached hydrogen (secondary N) is 1. The van der Waals surface area contributed by atoms with Crippen molar-refractivity contribution in [3.8, 4) is 11.5 Å². The highest BCUT2D eigenvalue weighted by atomic mass is 32.1. The Labute approximate surface area is 140 Å². The number of rotatable bonds is 8. The van der Waals surface area contributed by atoms with Gasteiger partial charge in [-0.25, -0.2) is 0 Å². The zero-order valence-electron chi connectivity index (χ0n) is 13.4. The lowest BCUT2D eigenvalue weighted by atomic mass is 10.2. The van der Waals surface area contributed by atoms with Crippen LogP contribution in [0, 0.1) is 0 Å². The molecular formula is C18H21NO3S. The standard InChI is InChI=1S/C18H21NO3S/c1-3-22-17-13-14(6-8-16(17)21-2)7-9-18(20)19-11-10-15-5-4-12-23-15/h4-9,12-13H,3,10-11H2,1-2H3,(H,19,20)/b9-7+. The van der Waals surface area contributed by atoms with Crippen LogP contribution in [0.4, 0.5) is 0 Å². The zero-order valence-corrected chi connectivity index (χ0v) is 14.2. The number of carbonyl (C=O) groups excluding carboxylic acids is 1. The van der Waals surface area contributed by atoms with Crippen molar-refractivity contribution in [2.45, 2.75) is 13.3 Å². The van der Waals surface area contributed by atoms with E-state index < -0.39 is 0 Å². The first-order valence-corrected chi connectivity index (χ1v) is 8.40. The molecule has 0 aliphatic carbocycles. The number of hydrogen-bond donors (Lipinski definition) is 1. The molecule has 1 heterocycles. The summed E-state index contributed by atoms with van der Waals surface area (Å²) >= 11 is 1.70. The summed E-state index contributed by atoms with van der Waals surface area (Å²) in [6.45, 7) is 3.12. The Morgan fingerprint density at radius 3 is 2.87 bits per heavy atom. The molecule has 2 rings (SSSR count). The van der Waals surface area contributed by atoms with E-state index in [1.807, 2.05) is 36.6 Å². The fourth-order valence-corrected chi connectivity index (χ4v) is 2.77. The predicted molar refractivity (Wildman–Crippen MR) is 94.2 cm³/mol. The van der Waals surface area contributed by atoms with Crippen molar-refractivity contribution in [3.05, 3.63) is 52.2 Å². The second-order valence-electron chi connectivity index (χ2n) is 4.80. The van der Waals surface area contributed by atoms with Gasteiger partial charge in [-0.2, -0.15) is 0 Å². The maximum Gasteiger partial charge on any atom is 0.244 e. The van der Waals surface area contributed by atoms with Gasteiger partial charge in [0.2, 0.25) is 5.91 Å². The summed E-state index contributed by atoms with van der Waals surface area (Å²) in [5.74, 6) is 1.26. The summed E-state index contributed by atoms with van der Waals surface area (Å²) in [5, 5.41) is 4.92. The Morgan fingerprint density at radius 1 is 1.30 bits per heavy atom. The van der Waals surface area contributed by atoms with Gasteiger partial charge in [0.05, 0.1) is 13.7 Å². The van der Waals surface area contributed by atoms with Gasteiger partial charge in [0.25, 0.3) is 0 Å². The average molecular weight is 331 g/mol. The highest BCUT2D eigenvalue weighted by molar-refractivity contribution is 7.09. The zero-order chi connectivity index (χ0) is 16.5. The van der Waals surface area contributed by atoms with Gasteiger partial charge in [-0.1, -0.05) is 12.1 Å². The van der Waals surface area contributed by atoms with E-state index in [4.69, 9.17) is 9.47 Å². The first-order valence-electron chi connectivity index (χ1n) is 7.52. The number of methoxy groups -OCH3 is 1. The minimum Gasteiger partial charge on any atom is -0.493 e. The van der Waals surface area contributed by atoms with E-state index in [1.165, 1.54) is 11.0 Å². The Kier molecular flexibility index (Phi) is 6.69. The molecule has 1 aromatic carbocycles. The van der Waals surface area contributed by atoms with E-state index in [1.54, 1.807) is 24.5 Å². The van der Waals surface area contributed by atoms with Crippen molar-refractivity contribution in [2.75, 3.05) is 20.3 Å². The van der Waals surface area contributed by atoms with E-state index in [9.17, 15) is 4.79 Å². The summed E-state index contributed by atoms with van der Waals surface area (Å²) in [6.07, 6.45) is 4.16. The molecule has 4 nitrogen and oxygen atoms in total. The van der Waals surface area contributed by atoms with Crippen LogP contribution in [0.15, 0.2) is 41.8 Å². The van der Waals surface area contributed by atoms with Crippen LogP contribution < -0.4 is 14.8 Å². The molecule has 0 aliphatic rings. The van der Waals surface area contributed by atoms with Gasteiger partial charge in [-0.3, -0.25) is 4.79 Å². The highest BCUT2D eigenvalue weighted by Gasteiger charge is 2.04. The molecule has 1 aromatic heterocycles. The van der Waals surface area contributed by atoms with Gasteiger partial charge in [-0.15, -0.1) is 11.3 Å². The van der Waals surface area contributed by atoms with Crippen molar-refractivity contribution >= 4 is 23.3 Å². The summed E-state index contributed by atoms with van der Waals surface area (Å²) in [4.78, 5) is 13.1. The lowest BCUT2D eigenvalue weighted by molar-refractivity contribution is -0.116. The number of carbonyl (C=O) groups is 1. The maximum absolute atomic E-state index is 11.8. The van der Waals surface area contributed by atoms with Crippen LogP contribution >= 0.6 is 11.3 Å². The molecule has 0 atom stereocenters. The van der Waals surface area contributed by atoms with Crippen molar-refractivity contribution < 1.29 is 14.3 Å². The first-order chi connectivity index (χ1) is 11.2. The quantitative estimate of drug-likeness (QED) is 0.753. The van der Waals surface area contributed by atoms with Gasteiger partial charge in [0, 0.05) is 17.5 Å². The second-order valence-corrected chi connectivity index (χ2v) is 5.83. The minimum atomic E-state index is -0.102. The topological polar surface area (TPSA) is 47.6 Å². The lowest BCUT2D eigenvalue weighted by Gasteiger charge is -2.09. The summed E-state index contributed by atoms with van der Waals surface area (Å²) in [5.41, 5.74) is 0.891. The average Bonchev–Trinajstić information content (AvgIpc) is 3.07. The number of hydrogen-bond acceptors (Lipinski definition) is 4. The van der Waals surface area contributed by atoms with Gasteiger partial charge in [-0.05, 0) is 48.6 Å². The molecule has 2 aromatic rings. The van der Waals surface area contributed by atoms with Crippen LogP contribution in [0.25, 0.3) is 6.08 Å². The summed E-state index contributed by atoms with van der Waals surface area (Å²) in [7, 11) is 1.61. The van der Waals surface area contributed by atoms with Crippen molar-refractivity contribution in [3.63, 3.8) is 0 Å². The van der Waals surface area contributed by atoms with Gasteiger partial charge in [0.1, 0.15) is 0 Å². The number of thiophene rings is 1. The Morgan fingerprint density at radius 2 is 2.17 bits per heavy atom. The van der Waals surface area contributed by atoms with Crippen molar-refractivity contribution in [1.29, 1.82) is 0 Å². The van der Waals surface area contributed by atoms with Crippen LogP contribution in [0.3, 0.4) is 0 Å². The fourth-order valence-electron chi connectivity index (χ4n) is 2.06. The Balaban J connectivity index is 1.88. The normalized spacial score (nSPS) is 10.7.